The van der Waals surface area contributed by atoms with Crippen LogP contribution in [0.25, 0.3) is 0 Å². The maximum absolute atomic E-state index is 13.9. The lowest BCUT2D eigenvalue weighted by Gasteiger charge is -2.27. The lowest BCUT2D eigenvalue weighted by molar-refractivity contribution is -0.122. The van der Waals surface area contributed by atoms with Gasteiger partial charge in [-0.1, -0.05) is 17.7 Å². The molecule has 1 aromatic rings. The van der Waals surface area contributed by atoms with Gasteiger partial charge in [-0.2, -0.15) is 0 Å². The molecule has 1 aromatic carbocycles. The highest BCUT2D eigenvalue weighted by Gasteiger charge is 2.46. The molecule has 0 spiro atoms. The van der Waals surface area contributed by atoms with Gasteiger partial charge < -0.3 is 15.5 Å². The van der Waals surface area contributed by atoms with Gasteiger partial charge in [0.05, 0.1) is 0 Å². The molecule has 1 heterocycles. The molecule has 23 heavy (non-hydrogen) atoms. The molecule has 1 amide bonds. The largest absolute Gasteiger partial charge is 0.356 e. The van der Waals surface area contributed by atoms with Crippen molar-refractivity contribution in [2.24, 2.45) is 5.92 Å². The van der Waals surface area contributed by atoms with Crippen LogP contribution < -0.4 is 10.6 Å². The number of benzene rings is 1. The zero-order chi connectivity index (χ0) is 16.2. The summed E-state index contributed by atoms with van der Waals surface area (Å²) in [4.78, 5) is 14.6. The summed E-state index contributed by atoms with van der Waals surface area (Å²) in [7, 11) is 0. The third kappa shape index (κ3) is 4.22. The molecule has 1 aliphatic heterocycles. The molecule has 126 valence electrons. The number of nitrogens with zero attached hydrogens (tertiary/aromatic N) is 1. The minimum Gasteiger partial charge on any atom is -0.356 e. The molecule has 0 aromatic heterocycles. The number of hydrogen-bond acceptors (Lipinski definition) is 3. The van der Waals surface area contributed by atoms with Crippen molar-refractivity contribution in [3.8, 4) is 0 Å². The second-order valence-corrected chi connectivity index (χ2v) is 6.73. The number of nitrogens with one attached hydrogen (secondary N) is 2. The maximum Gasteiger partial charge on any atom is 0.223 e. The van der Waals surface area contributed by atoms with Gasteiger partial charge >= 0.3 is 0 Å². The zero-order valence-electron chi connectivity index (χ0n) is 13.2. The summed E-state index contributed by atoms with van der Waals surface area (Å²) in [6.07, 6.45) is 1.63. The minimum absolute atomic E-state index is 0.0228. The van der Waals surface area contributed by atoms with Crippen LogP contribution in [0.15, 0.2) is 18.2 Å². The molecule has 0 radical (unpaired) electrons. The highest BCUT2D eigenvalue weighted by molar-refractivity contribution is 6.31. The van der Waals surface area contributed by atoms with E-state index in [2.05, 4.69) is 15.5 Å². The number of carbonyl (C=O) groups excluding carboxylic acids is 1. The first-order chi connectivity index (χ1) is 11.2. The minimum atomic E-state index is -0.309. The van der Waals surface area contributed by atoms with Crippen LogP contribution in [0, 0.1) is 11.7 Å². The summed E-state index contributed by atoms with van der Waals surface area (Å²) in [6.45, 7) is 5.92. The first-order valence-corrected chi connectivity index (χ1v) is 8.69. The van der Waals surface area contributed by atoms with Gasteiger partial charge in [0.15, 0.2) is 0 Å². The van der Waals surface area contributed by atoms with Gasteiger partial charge in [0.1, 0.15) is 5.82 Å². The number of piperazine rings is 1. The molecule has 2 fully saturated rings. The quantitative estimate of drug-likeness (QED) is 0.779. The number of amides is 1. The molecule has 2 atom stereocenters. The molecular formula is C17H23ClFN3O. The Hall–Kier alpha value is -1.17. The summed E-state index contributed by atoms with van der Waals surface area (Å²) in [6, 6.07) is 4.68. The van der Waals surface area contributed by atoms with Crippen molar-refractivity contribution in [1.82, 2.24) is 15.5 Å². The van der Waals surface area contributed by atoms with Crippen LogP contribution in [-0.2, 0) is 4.79 Å². The van der Waals surface area contributed by atoms with Crippen LogP contribution in [0.5, 0.6) is 0 Å². The van der Waals surface area contributed by atoms with Crippen LogP contribution >= 0.6 is 11.6 Å². The van der Waals surface area contributed by atoms with Crippen LogP contribution in [0.4, 0.5) is 4.39 Å². The first-order valence-electron chi connectivity index (χ1n) is 8.31. The number of halogens is 2. The fraction of sp³-hybridized carbons (Fsp3) is 0.588. The van der Waals surface area contributed by atoms with Crippen LogP contribution in [-0.4, -0.2) is 50.1 Å². The predicted molar refractivity (Wildman–Crippen MR) is 89.2 cm³/mol. The Morgan fingerprint density at radius 3 is 2.91 bits per heavy atom. The van der Waals surface area contributed by atoms with Gasteiger partial charge in [0, 0.05) is 55.1 Å². The topological polar surface area (TPSA) is 44.4 Å². The van der Waals surface area contributed by atoms with E-state index < -0.39 is 0 Å². The van der Waals surface area contributed by atoms with Crippen molar-refractivity contribution >= 4 is 17.5 Å². The number of hydrogen-bond donors (Lipinski definition) is 2. The molecule has 1 aliphatic carbocycles. The average molecular weight is 340 g/mol. The molecule has 0 bridgehead atoms. The lowest BCUT2D eigenvalue weighted by Crippen LogP contribution is -2.44. The van der Waals surface area contributed by atoms with Crippen molar-refractivity contribution in [3.63, 3.8) is 0 Å². The molecule has 3 rings (SSSR count). The van der Waals surface area contributed by atoms with Crippen molar-refractivity contribution in [2.75, 3.05) is 39.3 Å². The third-order valence-electron chi connectivity index (χ3n) is 4.66. The first kappa shape index (κ1) is 16.7. The summed E-state index contributed by atoms with van der Waals surface area (Å²) < 4.78 is 13.9. The lowest BCUT2D eigenvalue weighted by atomic mass is 10.1. The van der Waals surface area contributed by atoms with Crippen molar-refractivity contribution in [2.45, 2.75) is 18.8 Å². The zero-order valence-corrected chi connectivity index (χ0v) is 13.9. The van der Waals surface area contributed by atoms with E-state index in [-0.39, 0.29) is 23.6 Å². The van der Waals surface area contributed by atoms with Crippen LogP contribution in [0.1, 0.15) is 24.3 Å². The van der Waals surface area contributed by atoms with E-state index in [4.69, 9.17) is 11.6 Å². The fourth-order valence-electron chi connectivity index (χ4n) is 3.25. The molecule has 4 nitrogen and oxygen atoms in total. The third-order valence-corrected chi connectivity index (χ3v) is 4.99. The second kappa shape index (κ2) is 7.60. The molecule has 2 N–H and O–H groups in total. The van der Waals surface area contributed by atoms with E-state index in [1.165, 1.54) is 6.07 Å². The van der Waals surface area contributed by atoms with E-state index in [0.29, 0.717) is 23.6 Å². The molecular weight excluding hydrogens is 317 g/mol. The maximum atomic E-state index is 13.9. The van der Waals surface area contributed by atoms with Crippen molar-refractivity contribution in [3.05, 3.63) is 34.6 Å². The Morgan fingerprint density at radius 1 is 1.39 bits per heavy atom. The van der Waals surface area contributed by atoms with E-state index in [1.807, 2.05) is 0 Å². The molecule has 1 saturated heterocycles. The molecule has 6 heteroatoms. The Bertz CT molecular complexity index is 543. The highest BCUT2D eigenvalue weighted by Crippen LogP contribution is 2.50. The van der Waals surface area contributed by atoms with Crippen LogP contribution in [0.2, 0.25) is 5.02 Å². The Labute approximate surface area is 141 Å². The average Bonchev–Trinajstić information content (AvgIpc) is 3.33. The highest BCUT2D eigenvalue weighted by atomic mass is 35.5. The van der Waals surface area contributed by atoms with Gasteiger partial charge in [0.2, 0.25) is 5.91 Å². The van der Waals surface area contributed by atoms with E-state index >= 15 is 0 Å². The van der Waals surface area contributed by atoms with E-state index in [0.717, 1.165) is 39.1 Å². The smallest absolute Gasteiger partial charge is 0.223 e. The Morgan fingerprint density at radius 2 is 2.17 bits per heavy atom. The number of carbonyl (C=O) groups is 1. The van der Waals surface area contributed by atoms with E-state index in [9.17, 15) is 9.18 Å². The van der Waals surface area contributed by atoms with Gasteiger partial charge in [-0.25, -0.2) is 4.39 Å². The second-order valence-electron chi connectivity index (χ2n) is 6.32. The van der Waals surface area contributed by atoms with Crippen molar-refractivity contribution < 1.29 is 9.18 Å². The summed E-state index contributed by atoms with van der Waals surface area (Å²) >= 11 is 6.06. The molecule has 2 aliphatic rings. The predicted octanol–water partition coefficient (Wildman–Crippen LogP) is 1.99. The summed E-state index contributed by atoms with van der Waals surface area (Å²) in [5, 5.41) is 6.72. The Balaban J connectivity index is 1.40. The standard InChI is InChI=1S/C17H23ClFN3O/c18-14-3-1-4-15(19)16(14)12-11-13(12)17(23)21-5-2-8-22-9-6-20-7-10-22/h1,3-4,12-13,20H,2,5-11H2,(H,21,23). The fourth-order valence-corrected chi connectivity index (χ4v) is 3.55. The monoisotopic (exact) mass is 339 g/mol. The number of rotatable bonds is 6. The van der Waals surface area contributed by atoms with Crippen LogP contribution in [0.3, 0.4) is 0 Å². The SMILES string of the molecule is O=C(NCCCN1CCNCC1)C1CC1c1c(F)cccc1Cl. The normalized spacial score (nSPS) is 24.4. The van der Waals surface area contributed by atoms with Crippen molar-refractivity contribution in [1.29, 1.82) is 0 Å². The molecule has 1 saturated carbocycles. The summed E-state index contributed by atoms with van der Waals surface area (Å²) in [5.41, 5.74) is 0.495. The van der Waals surface area contributed by atoms with E-state index in [1.54, 1.807) is 12.1 Å². The summed E-state index contributed by atoms with van der Waals surface area (Å²) in [5.74, 6) is -0.494. The molecule has 2 unspecified atom stereocenters. The van der Waals surface area contributed by atoms with Gasteiger partial charge in [-0.05, 0) is 31.5 Å². The van der Waals surface area contributed by atoms with Gasteiger partial charge in [-0.3, -0.25) is 4.79 Å². The Kier molecular flexibility index (Phi) is 5.51. The van der Waals surface area contributed by atoms with Gasteiger partial charge in [0.25, 0.3) is 0 Å². The van der Waals surface area contributed by atoms with Gasteiger partial charge in [-0.15, -0.1) is 0 Å².